The molecule has 1 heterocycles. The van der Waals surface area contributed by atoms with Gasteiger partial charge in [-0.05, 0) is 47.5 Å². The van der Waals surface area contributed by atoms with Gasteiger partial charge in [0, 0.05) is 5.69 Å². The van der Waals surface area contributed by atoms with E-state index in [4.69, 9.17) is 9.47 Å². The lowest BCUT2D eigenvalue weighted by molar-refractivity contribution is -0.132. The Morgan fingerprint density at radius 3 is 2.06 bits per heavy atom. The van der Waals surface area contributed by atoms with E-state index in [2.05, 4.69) is 4.72 Å². The molecule has 0 atom stereocenters. The number of anilines is 1. The Hall–Kier alpha value is -4.31. The fourth-order valence-electron chi connectivity index (χ4n) is 3.35. The number of fused-ring (bicyclic) bond motifs is 1. The van der Waals surface area contributed by atoms with E-state index >= 15 is 0 Å². The molecule has 9 nitrogen and oxygen atoms in total. The highest BCUT2D eigenvalue weighted by Crippen LogP contribution is 2.37. The van der Waals surface area contributed by atoms with Crippen LogP contribution >= 0.6 is 0 Å². The van der Waals surface area contributed by atoms with Crippen LogP contribution in [0.15, 0.2) is 77.7 Å². The van der Waals surface area contributed by atoms with Crippen LogP contribution in [0.3, 0.4) is 0 Å². The summed E-state index contributed by atoms with van der Waals surface area (Å²) >= 11 is 0. The maximum atomic E-state index is 12.6. The Kier molecular flexibility index (Phi) is 5.76. The van der Waals surface area contributed by atoms with Gasteiger partial charge in [0.25, 0.3) is 10.0 Å². The second-order valence-corrected chi connectivity index (χ2v) is 8.61. The van der Waals surface area contributed by atoms with Crippen molar-refractivity contribution < 1.29 is 37.7 Å². The summed E-state index contributed by atoms with van der Waals surface area (Å²) in [5.41, 5.74) is -0.818. The number of ether oxygens (including phenoxy) is 2. The predicted molar refractivity (Wildman–Crippen MR) is 118 cm³/mol. The maximum Gasteiger partial charge on any atom is 0.337 e. The highest BCUT2D eigenvalue weighted by atomic mass is 32.2. The van der Waals surface area contributed by atoms with Crippen molar-refractivity contribution in [1.29, 1.82) is 0 Å². The van der Waals surface area contributed by atoms with Gasteiger partial charge in [-0.1, -0.05) is 36.4 Å². The summed E-state index contributed by atoms with van der Waals surface area (Å²) < 4.78 is 38.1. The van der Waals surface area contributed by atoms with E-state index in [-0.39, 0.29) is 28.5 Å². The third-order valence-electron chi connectivity index (χ3n) is 4.80. The van der Waals surface area contributed by atoms with Gasteiger partial charge in [0.2, 0.25) is 6.79 Å². The Labute approximate surface area is 188 Å². The van der Waals surface area contributed by atoms with Gasteiger partial charge in [0.1, 0.15) is 0 Å². The molecule has 0 fully saturated rings. The van der Waals surface area contributed by atoms with Crippen LogP contribution in [0.25, 0.3) is 11.1 Å². The first kappa shape index (κ1) is 21.9. The number of hydrogen-bond donors (Lipinski definition) is 3. The molecule has 0 saturated heterocycles. The molecule has 3 aromatic rings. The molecule has 0 aromatic heterocycles. The van der Waals surface area contributed by atoms with Gasteiger partial charge in [-0.25, -0.2) is 18.0 Å². The van der Waals surface area contributed by atoms with Crippen molar-refractivity contribution in [1.82, 2.24) is 0 Å². The molecule has 3 N–H and O–H groups in total. The lowest BCUT2D eigenvalue weighted by atomic mass is 9.94. The van der Waals surface area contributed by atoms with Gasteiger partial charge in [-0.15, -0.1) is 0 Å². The van der Waals surface area contributed by atoms with Gasteiger partial charge < -0.3 is 19.7 Å². The van der Waals surface area contributed by atoms with Gasteiger partial charge in [0.15, 0.2) is 11.5 Å². The predicted octanol–water partition coefficient (Wildman–Crippen LogP) is 3.30. The van der Waals surface area contributed by atoms with Crippen LogP contribution in [0, 0.1) is 0 Å². The fraction of sp³-hybridized carbons (Fsp3) is 0.0435. The van der Waals surface area contributed by atoms with Crippen LogP contribution in [0.4, 0.5) is 5.69 Å². The number of carboxylic acid groups (broad SMARTS) is 2. The van der Waals surface area contributed by atoms with Crippen molar-refractivity contribution in [2.45, 2.75) is 4.90 Å². The molecule has 4 rings (SSSR count). The number of carbonyl (C=O) groups is 2. The van der Waals surface area contributed by atoms with E-state index in [0.717, 1.165) is 0 Å². The normalized spacial score (nSPS) is 13.2. The van der Waals surface area contributed by atoms with Crippen LogP contribution in [-0.2, 0) is 19.6 Å². The second kappa shape index (κ2) is 8.67. The van der Waals surface area contributed by atoms with Crippen molar-refractivity contribution >= 4 is 38.8 Å². The Bertz CT molecular complexity index is 1380. The molecule has 3 aromatic carbocycles. The molecule has 0 saturated carbocycles. The monoisotopic (exact) mass is 467 g/mol. The first-order valence-corrected chi connectivity index (χ1v) is 11.0. The molecule has 10 heteroatoms. The molecule has 0 unspecified atom stereocenters. The summed E-state index contributed by atoms with van der Waals surface area (Å²) in [6.45, 7) is -0.0275. The molecular weight excluding hydrogens is 450 g/mol. The largest absolute Gasteiger partial charge is 0.478 e. The highest BCUT2D eigenvalue weighted by Gasteiger charge is 2.26. The van der Waals surface area contributed by atoms with Crippen LogP contribution in [0.2, 0.25) is 0 Å². The van der Waals surface area contributed by atoms with E-state index in [0.29, 0.717) is 11.5 Å². The van der Waals surface area contributed by atoms with E-state index in [1.54, 1.807) is 18.2 Å². The SMILES string of the molecule is O=C(O)C(=C(C(=O)O)c1ccc2c(c1)OCO2)c1cccc(NS(=O)(=O)c2ccccc2)c1. The van der Waals surface area contributed by atoms with E-state index < -0.39 is 33.1 Å². The summed E-state index contributed by atoms with van der Waals surface area (Å²) in [6.07, 6.45) is 0. The number of rotatable bonds is 7. The summed E-state index contributed by atoms with van der Waals surface area (Å²) in [6, 6.07) is 17.5. The molecule has 0 aliphatic carbocycles. The molecule has 0 spiro atoms. The van der Waals surface area contributed by atoms with Crippen LogP contribution < -0.4 is 14.2 Å². The van der Waals surface area contributed by atoms with Crippen molar-refractivity contribution in [2.75, 3.05) is 11.5 Å². The van der Waals surface area contributed by atoms with Crippen LogP contribution in [-0.4, -0.2) is 37.4 Å². The first-order valence-electron chi connectivity index (χ1n) is 9.55. The minimum Gasteiger partial charge on any atom is -0.478 e. The van der Waals surface area contributed by atoms with Gasteiger partial charge in [-0.3, -0.25) is 4.72 Å². The Balaban J connectivity index is 1.80. The lowest BCUT2D eigenvalue weighted by Gasteiger charge is -2.13. The third-order valence-corrected chi connectivity index (χ3v) is 6.19. The van der Waals surface area contributed by atoms with Gasteiger partial charge in [-0.2, -0.15) is 0 Å². The maximum absolute atomic E-state index is 12.6. The number of aliphatic carboxylic acids is 2. The zero-order valence-electron chi connectivity index (χ0n) is 16.9. The fourth-order valence-corrected chi connectivity index (χ4v) is 4.42. The zero-order valence-corrected chi connectivity index (χ0v) is 17.7. The van der Waals surface area contributed by atoms with Crippen molar-refractivity contribution in [3.63, 3.8) is 0 Å². The minimum atomic E-state index is -3.93. The zero-order chi connectivity index (χ0) is 23.6. The first-order chi connectivity index (χ1) is 15.8. The number of nitrogens with one attached hydrogen (secondary N) is 1. The molecule has 33 heavy (non-hydrogen) atoms. The number of sulfonamides is 1. The number of hydrogen-bond acceptors (Lipinski definition) is 6. The summed E-state index contributed by atoms with van der Waals surface area (Å²) in [4.78, 5) is 24.3. The molecular formula is C23H17NO8S. The van der Waals surface area contributed by atoms with E-state index in [1.807, 2.05) is 0 Å². The van der Waals surface area contributed by atoms with Gasteiger partial charge >= 0.3 is 11.9 Å². The quantitative estimate of drug-likeness (QED) is 0.355. The van der Waals surface area contributed by atoms with Crippen molar-refractivity contribution in [3.05, 3.63) is 83.9 Å². The third kappa shape index (κ3) is 4.51. The van der Waals surface area contributed by atoms with Gasteiger partial charge in [0.05, 0.1) is 16.0 Å². The summed E-state index contributed by atoms with van der Waals surface area (Å²) in [5, 5.41) is 19.7. The van der Waals surface area contributed by atoms with Crippen LogP contribution in [0.1, 0.15) is 11.1 Å². The minimum absolute atomic E-state index is 0.00540. The van der Waals surface area contributed by atoms with Crippen molar-refractivity contribution in [2.24, 2.45) is 0 Å². The number of carboxylic acids is 2. The molecule has 0 radical (unpaired) electrons. The molecule has 1 aliphatic heterocycles. The lowest BCUT2D eigenvalue weighted by Crippen LogP contribution is -2.14. The molecule has 0 amide bonds. The van der Waals surface area contributed by atoms with Crippen LogP contribution in [0.5, 0.6) is 11.5 Å². The highest BCUT2D eigenvalue weighted by molar-refractivity contribution is 7.92. The Morgan fingerprint density at radius 1 is 0.758 bits per heavy atom. The summed E-state index contributed by atoms with van der Waals surface area (Å²) in [7, 11) is -3.93. The van der Waals surface area contributed by atoms with E-state index in [1.165, 1.54) is 54.6 Å². The topological polar surface area (TPSA) is 139 Å². The van der Waals surface area contributed by atoms with E-state index in [9.17, 15) is 28.2 Å². The molecule has 1 aliphatic rings. The Morgan fingerprint density at radius 2 is 1.39 bits per heavy atom. The average Bonchev–Trinajstić information content (AvgIpc) is 3.25. The average molecular weight is 467 g/mol. The van der Waals surface area contributed by atoms with Crippen molar-refractivity contribution in [3.8, 4) is 11.5 Å². The summed E-state index contributed by atoms with van der Waals surface area (Å²) in [5.74, 6) is -2.26. The standard InChI is InChI=1S/C23H17NO8S/c25-22(26)20(21(23(27)28)15-9-10-18-19(12-15)32-13-31-18)14-5-4-6-16(11-14)24-33(29,30)17-7-2-1-3-8-17/h1-12,24H,13H2,(H,25,26)(H,27,28). The molecule has 0 bridgehead atoms. The molecule has 168 valence electrons. The number of benzene rings is 3. The second-order valence-electron chi connectivity index (χ2n) is 6.93. The smallest absolute Gasteiger partial charge is 0.337 e.